The molecule has 21 heavy (non-hydrogen) atoms. The Morgan fingerprint density at radius 1 is 1.43 bits per heavy atom. The second kappa shape index (κ2) is 7.75. The van der Waals surface area contributed by atoms with Gasteiger partial charge in [-0.2, -0.15) is 4.31 Å². The number of aliphatic hydroxyl groups excluding tert-OH is 1. The SMILES string of the molecule is COCC(O)CN(C)S(=O)(=O)c1cc(Cl)cc(Br)c1OC. The normalized spacial score (nSPS) is 13.5. The summed E-state index contributed by atoms with van der Waals surface area (Å²) in [5, 5.41) is 9.92. The van der Waals surface area contributed by atoms with Crippen molar-refractivity contribution in [3.8, 4) is 5.75 Å². The summed E-state index contributed by atoms with van der Waals surface area (Å²) in [6.45, 7) is -0.0697. The minimum absolute atomic E-state index is 0.0379. The quantitative estimate of drug-likeness (QED) is 0.752. The molecule has 1 aromatic carbocycles. The number of hydrogen-bond donors (Lipinski definition) is 1. The van der Waals surface area contributed by atoms with Crippen LogP contribution in [0.25, 0.3) is 0 Å². The van der Waals surface area contributed by atoms with Crippen molar-refractivity contribution < 1.29 is 23.0 Å². The van der Waals surface area contributed by atoms with Crippen molar-refractivity contribution in [1.82, 2.24) is 4.31 Å². The topological polar surface area (TPSA) is 76.1 Å². The Bertz CT molecular complexity index is 596. The Kier molecular flexibility index (Phi) is 6.89. The molecule has 0 bridgehead atoms. The van der Waals surface area contributed by atoms with Gasteiger partial charge in [0.15, 0.2) is 5.75 Å². The maximum Gasteiger partial charge on any atom is 0.246 e. The Morgan fingerprint density at radius 2 is 2.05 bits per heavy atom. The molecule has 0 spiro atoms. The lowest BCUT2D eigenvalue weighted by molar-refractivity contribution is 0.0554. The third-order valence-electron chi connectivity index (χ3n) is 2.69. The number of hydrogen-bond acceptors (Lipinski definition) is 5. The van der Waals surface area contributed by atoms with Gasteiger partial charge in [0.1, 0.15) is 4.90 Å². The lowest BCUT2D eigenvalue weighted by atomic mass is 10.3. The van der Waals surface area contributed by atoms with Crippen LogP contribution in [0, 0.1) is 0 Å². The molecule has 0 amide bonds. The van der Waals surface area contributed by atoms with Crippen molar-refractivity contribution in [2.24, 2.45) is 0 Å². The van der Waals surface area contributed by atoms with Crippen LogP contribution in [0.3, 0.4) is 0 Å². The number of ether oxygens (including phenoxy) is 2. The van der Waals surface area contributed by atoms with Crippen molar-refractivity contribution in [2.45, 2.75) is 11.0 Å². The van der Waals surface area contributed by atoms with Crippen LogP contribution in [0.2, 0.25) is 5.02 Å². The van der Waals surface area contributed by atoms with E-state index in [1.165, 1.54) is 27.3 Å². The maximum absolute atomic E-state index is 12.6. The first-order chi connectivity index (χ1) is 9.73. The van der Waals surface area contributed by atoms with E-state index in [2.05, 4.69) is 15.9 Å². The first-order valence-corrected chi connectivity index (χ1v) is 8.51. The summed E-state index contributed by atoms with van der Waals surface area (Å²) in [7, 11) is 0.295. The van der Waals surface area contributed by atoms with Gasteiger partial charge >= 0.3 is 0 Å². The fourth-order valence-corrected chi connectivity index (χ4v) is 4.31. The van der Waals surface area contributed by atoms with Gasteiger partial charge in [-0.05, 0) is 28.1 Å². The molecule has 0 aliphatic carbocycles. The van der Waals surface area contributed by atoms with E-state index in [0.29, 0.717) is 4.47 Å². The van der Waals surface area contributed by atoms with Crippen molar-refractivity contribution in [1.29, 1.82) is 0 Å². The smallest absolute Gasteiger partial charge is 0.246 e. The highest BCUT2D eigenvalue weighted by atomic mass is 79.9. The fraction of sp³-hybridized carbons (Fsp3) is 0.500. The summed E-state index contributed by atoms with van der Waals surface area (Å²) in [6.07, 6.45) is -0.927. The first-order valence-electron chi connectivity index (χ1n) is 5.90. The van der Waals surface area contributed by atoms with Crippen LogP contribution in [-0.4, -0.2) is 58.4 Å². The van der Waals surface area contributed by atoms with Crippen molar-refractivity contribution in [3.63, 3.8) is 0 Å². The first kappa shape index (κ1) is 18.7. The molecule has 0 aliphatic heterocycles. The molecule has 0 saturated carbocycles. The second-order valence-corrected chi connectivity index (χ2v) is 7.62. The van der Waals surface area contributed by atoms with E-state index in [9.17, 15) is 13.5 Å². The van der Waals surface area contributed by atoms with Gasteiger partial charge in [-0.25, -0.2) is 8.42 Å². The van der Waals surface area contributed by atoms with Crippen LogP contribution in [0.5, 0.6) is 5.75 Å². The number of halogens is 2. The van der Waals surface area contributed by atoms with Crippen LogP contribution in [-0.2, 0) is 14.8 Å². The Hall–Kier alpha value is -0.380. The number of methoxy groups -OCH3 is 2. The van der Waals surface area contributed by atoms with Crippen molar-refractivity contribution in [3.05, 3.63) is 21.6 Å². The lowest BCUT2D eigenvalue weighted by Crippen LogP contribution is -2.36. The summed E-state index contributed by atoms with van der Waals surface area (Å²) < 4.78 is 36.5. The number of likely N-dealkylation sites (N-methyl/N-ethyl adjacent to an activating group) is 1. The molecule has 1 aromatic rings. The van der Waals surface area contributed by atoms with Gasteiger partial charge in [0.25, 0.3) is 0 Å². The zero-order chi connectivity index (χ0) is 16.2. The molecule has 0 heterocycles. The molecule has 0 aromatic heterocycles. The molecule has 0 fully saturated rings. The van der Waals surface area contributed by atoms with Gasteiger partial charge in [0.05, 0.1) is 24.3 Å². The average Bonchev–Trinajstić information content (AvgIpc) is 2.37. The molecule has 0 radical (unpaired) electrons. The average molecular weight is 403 g/mol. The molecule has 1 N–H and O–H groups in total. The number of sulfonamides is 1. The minimum atomic E-state index is -3.86. The highest BCUT2D eigenvalue weighted by Crippen LogP contribution is 2.36. The second-order valence-electron chi connectivity index (χ2n) is 4.31. The van der Waals surface area contributed by atoms with Crippen LogP contribution >= 0.6 is 27.5 Å². The maximum atomic E-state index is 12.6. The van der Waals surface area contributed by atoms with Crippen LogP contribution < -0.4 is 4.74 Å². The Balaban J connectivity index is 3.18. The predicted octanol–water partition coefficient (Wildman–Crippen LogP) is 1.74. The molecular weight excluding hydrogens is 386 g/mol. The minimum Gasteiger partial charge on any atom is -0.494 e. The number of benzene rings is 1. The standard InChI is InChI=1S/C12H17BrClNO5S/c1-15(6-9(16)7-19-2)21(17,18)11-5-8(14)4-10(13)12(11)20-3/h4-5,9,16H,6-7H2,1-3H3. The van der Waals surface area contributed by atoms with E-state index in [4.69, 9.17) is 21.1 Å². The van der Waals surface area contributed by atoms with E-state index < -0.39 is 16.1 Å². The number of nitrogens with zero attached hydrogens (tertiary/aromatic N) is 1. The molecule has 1 atom stereocenters. The largest absolute Gasteiger partial charge is 0.494 e. The monoisotopic (exact) mass is 401 g/mol. The molecule has 9 heteroatoms. The van der Waals surface area contributed by atoms with Gasteiger partial charge in [-0.1, -0.05) is 11.6 Å². The molecule has 0 saturated heterocycles. The van der Waals surface area contributed by atoms with E-state index in [0.717, 1.165) is 4.31 Å². The van der Waals surface area contributed by atoms with E-state index >= 15 is 0 Å². The van der Waals surface area contributed by atoms with E-state index in [-0.39, 0.29) is 28.8 Å². The van der Waals surface area contributed by atoms with Gasteiger partial charge in [-0.15, -0.1) is 0 Å². The lowest BCUT2D eigenvalue weighted by Gasteiger charge is -2.21. The summed E-state index contributed by atoms with van der Waals surface area (Å²) in [5.74, 6) is 0.160. The van der Waals surface area contributed by atoms with Crippen LogP contribution in [0.1, 0.15) is 0 Å². The predicted molar refractivity (Wildman–Crippen MR) is 83.4 cm³/mol. The summed E-state index contributed by atoms with van der Waals surface area (Å²) in [4.78, 5) is -0.0727. The number of rotatable bonds is 7. The van der Waals surface area contributed by atoms with E-state index in [1.54, 1.807) is 6.07 Å². The van der Waals surface area contributed by atoms with Crippen molar-refractivity contribution >= 4 is 37.6 Å². The zero-order valence-corrected chi connectivity index (χ0v) is 15.0. The zero-order valence-electron chi connectivity index (χ0n) is 11.8. The van der Waals surface area contributed by atoms with E-state index in [1.807, 2.05) is 0 Å². The summed E-state index contributed by atoms with van der Waals surface area (Å²) >= 11 is 9.12. The fourth-order valence-electron chi connectivity index (χ4n) is 1.73. The summed E-state index contributed by atoms with van der Waals surface area (Å²) in [5.41, 5.74) is 0. The Labute approximate surface area is 137 Å². The number of aliphatic hydroxyl groups is 1. The van der Waals surface area contributed by atoms with Crippen molar-refractivity contribution in [2.75, 3.05) is 34.4 Å². The highest BCUT2D eigenvalue weighted by molar-refractivity contribution is 9.10. The molecular formula is C12H17BrClNO5S. The summed E-state index contributed by atoms with van der Waals surface area (Å²) in [6, 6.07) is 2.85. The van der Waals surface area contributed by atoms with Gasteiger partial charge in [0, 0.05) is 25.7 Å². The third kappa shape index (κ3) is 4.54. The van der Waals surface area contributed by atoms with Crippen LogP contribution in [0.15, 0.2) is 21.5 Å². The molecule has 1 unspecified atom stereocenters. The Morgan fingerprint density at radius 3 is 2.57 bits per heavy atom. The van der Waals surface area contributed by atoms with Gasteiger partial charge in [0.2, 0.25) is 10.0 Å². The highest BCUT2D eigenvalue weighted by Gasteiger charge is 2.28. The third-order valence-corrected chi connectivity index (χ3v) is 5.33. The van der Waals surface area contributed by atoms with Gasteiger partial charge < -0.3 is 14.6 Å². The molecule has 6 nitrogen and oxygen atoms in total. The van der Waals surface area contributed by atoms with Crippen LogP contribution in [0.4, 0.5) is 0 Å². The molecule has 1 rings (SSSR count). The van der Waals surface area contributed by atoms with Gasteiger partial charge in [-0.3, -0.25) is 0 Å². The molecule has 0 aliphatic rings. The molecule has 120 valence electrons.